The molecule has 1 aliphatic rings. The molecule has 4 rings (SSSR count). The average Bonchev–Trinajstić information content (AvgIpc) is 2.69. The Morgan fingerprint density at radius 1 is 1.15 bits per heavy atom. The van der Waals surface area contributed by atoms with Gasteiger partial charge in [-0.15, -0.1) is 0 Å². The molecule has 1 aliphatic heterocycles. The third-order valence-electron chi connectivity index (χ3n) is 5.16. The summed E-state index contributed by atoms with van der Waals surface area (Å²) in [6, 6.07) is 15.7. The van der Waals surface area contributed by atoms with E-state index >= 15 is 0 Å². The highest BCUT2D eigenvalue weighted by molar-refractivity contribution is 6.30. The summed E-state index contributed by atoms with van der Waals surface area (Å²) >= 11 is 5.98. The van der Waals surface area contributed by atoms with Crippen LogP contribution in [0.3, 0.4) is 0 Å². The van der Waals surface area contributed by atoms with Gasteiger partial charge in [0.25, 0.3) is 0 Å². The summed E-state index contributed by atoms with van der Waals surface area (Å²) in [5.74, 6) is 0.721. The average molecular weight is 382 g/mol. The zero-order valence-corrected chi connectivity index (χ0v) is 16.1. The molecule has 0 spiro atoms. The number of aliphatic hydroxyl groups excluding tert-OH is 1. The van der Waals surface area contributed by atoms with Crippen molar-refractivity contribution in [2.45, 2.75) is 38.3 Å². The minimum absolute atomic E-state index is 0.0771. The fourth-order valence-corrected chi connectivity index (χ4v) is 3.85. The molecule has 2 heterocycles. The van der Waals surface area contributed by atoms with Crippen molar-refractivity contribution in [3.63, 3.8) is 0 Å². The van der Waals surface area contributed by atoms with Crippen molar-refractivity contribution in [1.29, 1.82) is 0 Å². The van der Waals surface area contributed by atoms with Gasteiger partial charge in [0.2, 0.25) is 0 Å². The van der Waals surface area contributed by atoms with Crippen LogP contribution in [-0.2, 0) is 0 Å². The van der Waals surface area contributed by atoms with Gasteiger partial charge in [0, 0.05) is 22.1 Å². The Hall–Kier alpha value is -2.14. The third kappa shape index (κ3) is 4.08. The summed E-state index contributed by atoms with van der Waals surface area (Å²) < 4.78 is 0. The molecule has 0 unspecified atom stereocenters. The fourth-order valence-electron chi connectivity index (χ4n) is 3.72. The smallest absolute Gasteiger partial charge is 0.131 e. The van der Waals surface area contributed by atoms with Crippen LogP contribution in [0.15, 0.2) is 48.5 Å². The number of piperidine rings is 1. The molecule has 5 heteroatoms. The van der Waals surface area contributed by atoms with Crippen LogP contribution in [-0.4, -0.2) is 22.7 Å². The number of fused-ring (bicyclic) bond motifs is 1. The number of halogens is 1. The van der Waals surface area contributed by atoms with Gasteiger partial charge >= 0.3 is 0 Å². The molecular weight excluding hydrogens is 358 g/mol. The Morgan fingerprint density at radius 3 is 2.70 bits per heavy atom. The molecule has 140 valence electrons. The molecule has 0 amide bonds. The van der Waals surface area contributed by atoms with Crippen LogP contribution >= 0.6 is 11.6 Å². The van der Waals surface area contributed by atoms with Gasteiger partial charge in [-0.3, -0.25) is 0 Å². The second-order valence-electron chi connectivity index (χ2n) is 7.25. The van der Waals surface area contributed by atoms with Gasteiger partial charge in [0.15, 0.2) is 0 Å². The Labute approximate surface area is 164 Å². The topological polar surface area (TPSA) is 57.2 Å². The first-order valence-electron chi connectivity index (χ1n) is 9.45. The molecule has 27 heavy (non-hydrogen) atoms. The molecule has 0 radical (unpaired) electrons. The standard InChI is InChI=1S/C22H24ClN3O/c1-14-5-10-19-17(12-14)18(22(27)20-4-2-3-11-24-20)13-21(26-19)25-16-8-6-15(23)7-9-16/h5-10,12-13,20,22,24,27H,2-4,11H2,1H3,(H,25,26)/t20-,22+/m0/s1. The number of aromatic nitrogens is 1. The quantitative estimate of drug-likeness (QED) is 0.587. The van der Waals surface area contributed by atoms with Gasteiger partial charge in [-0.05, 0) is 74.3 Å². The highest BCUT2D eigenvalue weighted by atomic mass is 35.5. The fraction of sp³-hybridized carbons (Fsp3) is 0.318. The summed E-state index contributed by atoms with van der Waals surface area (Å²) in [6.45, 7) is 3.02. The van der Waals surface area contributed by atoms with Gasteiger partial charge < -0.3 is 15.7 Å². The summed E-state index contributed by atoms with van der Waals surface area (Å²) in [7, 11) is 0. The highest BCUT2D eigenvalue weighted by Gasteiger charge is 2.25. The molecule has 1 saturated heterocycles. The first-order chi connectivity index (χ1) is 13.1. The van der Waals surface area contributed by atoms with Crippen molar-refractivity contribution >= 4 is 34.0 Å². The van der Waals surface area contributed by atoms with Crippen molar-refractivity contribution < 1.29 is 5.11 Å². The lowest BCUT2D eigenvalue weighted by atomic mass is 9.92. The number of nitrogens with one attached hydrogen (secondary N) is 2. The molecule has 2 atom stereocenters. The third-order valence-corrected chi connectivity index (χ3v) is 5.41. The highest BCUT2D eigenvalue weighted by Crippen LogP contribution is 2.32. The summed E-state index contributed by atoms with van der Waals surface area (Å²) in [4.78, 5) is 4.75. The van der Waals surface area contributed by atoms with Gasteiger partial charge in [-0.1, -0.05) is 29.7 Å². The lowest BCUT2D eigenvalue weighted by Gasteiger charge is -2.29. The van der Waals surface area contributed by atoms with E-state index in [0.717, 1.165) is 52.9 Å². The van der Waals surface area contributed by atoms with Crippen molar-refractivity contribution in [2.24, 2.45) is 0 Å². The number of rotatable bonds is 4. The van der Waals surface area contributed by atoms with Crippen LogP contribution in [0.2, 0.25) is 5.02 Å². The number of aliphatic hydroxyl groups is 1. The number of hydrogen-bond acceptors (Lipinski definition) is 4. The largest absolute Gasteiger partial charge is 0.387 e. The van der Waals surface area contributed by atoms with E-state index in [1.807, 2.05) is 36.4 Å². The molecule has 3 aromatic rings. The first kappa shape index (κ1) is 18.2. The predicted molar refractivity (Wildman–Crippen MR) is 112 cm³/mol. The summed E-state index contributed by atoms with van der Waals surface area (Å²) in [5, 5.41) is 19.6. The van der Waals surface area contributed by atoms with E-state index < -0.39 is 6.10 Å². The molecule has 4 nitrogen and oxygen atoms in total. The predicted octanol–water partition coefficient (Wildman–Crippen LogP) is 5.12. The normalized spacial score (nSPS) is 18.4. The monoisotopic (exact) mass is 381 g/mol. The van der Waals surface area contributed by atoms with Crippen LogP contribution in [0.4, 0.5) is 11.5 Å². The molecule has 0 bridgehead atoms. The second-order valence-corrected chi connectivity index (χ2v) is 7.69. The molecule has 0 aliphatic carbocycles. The van der Waals surface area contributed by atoms with E-state index in [0.29, 0.717) is 5.02 Å². The zero-order chi connectivity index (χ0) is 18.8. The van der Waals surface area contributed by atoms with Crippen molar-refractivity contribution in [3.8, 4) is 0 Å². The molecule has 0 saturated carbocycles. The zero-order valence-electron chi connectivity index (χ0n) is 15.4. The lowest BCUT2D eigenvalue weighted by molar-refractivity contribution is 0.115. The van der Waals surface area contributed by atoms with E-state index in [4.69, 9.17) is 16.6 Å². The van der Waals surface area contributed by atoms with Crippen LogP contribution in [0.25, 0.3) is 10.9 Å². The van der Waals surface area contributed by atoms with Gasteiger partial charge in [-0.2, -0.15) is 0 Å². The van der Waals surface area contributed by atoms with Crippen LogP contribution in [0.1, 0.15) is 36.5 Å². The van der Waals surface area contributed by atoms with E-state index in [2.05, 4.69) is 29.7 Å². The van der Waals surface area contributed by atoms with Crippen LogP contribution in [0.5, 0.6) is 0 Å². The molecule has 2 aromatic carbocycles. The number of nitrogens with zero attached hydrogens (tertiary/aromatic N) is 1. The lowest BCUT2D eigenvalue weighted by Crippen LogP contribution is -2.38. The van der Waals surface area contributed by atoms with Crippen molar-refractivity contribution in [2.75, 3.05) is 11.9 Å². The molecule has 1 fully saturated rings. The Morgan fingerprint density at radius 2 is 1.96 bits per heavy atom. The van der Waals surface area contributed by atoms with E-state index in [1.54, 1.807) is 0 Å². The first-order valence-corrected chi connectivity index (χ1v) is 9.83. The number of hydrogen-bond donors (Lipinski definition) is 3. The van der Waals surface area contributed by atoms with Gasteiger partial charge in [0.1, 0.15) is 5.82 Å². The molecule has 3 N–H and O–H groups in total. The molecular formula is C22H24ClN3O. The maximum absolute atomic E-state index is 11.1. The summed E-state index contributed by atoms with van der Waals surface area (Å²) in [5.41, 5.74) is 3.87. The Bertz CT molecular complexity index is 936. The minimum atomic E-state index is -0.566. The number of pyridine rings is 1. The summed E-state index contributed by atoms with van der Waals surface area (Å²) in [6.07, 6.45) is 2.73. The number of anilines is 2. The van der Waals surface area contributed by atoms with Crippen LogP contribution < -0.4 is 10.6 Å². The maximum atomic E-state index is 11.1. The van der Waals surface area contributed by atoms with E-state index in [1.165, 1.54) is 6.42 Å². The maximum Gasteiger partial charge on any atom is 0.131 e. The Kier molecular flexibility index (Phi) is 5.30. The van der Waals surface area contributed by atoms with E-state index in [9.17, 15) is 5.11 Å². The van der Waals surface area contributed by atoms with E-state index in [-0.39, 0.29) is 6.04 Å². The molecule has 1 aromatic heterocycles. The van der Waals surface area contributed by atoms with Crippen LogP contribution in [0, 0.1) is 6.92 Å². The van der Waals surface area contributed by atoms with Crippen molar-refractivity contribution in [3.05, 3.63) is 64.7 Å². The van der Waals surface area contributed by atoms with Crippen molar-refractivity contribution in [1.82, 2.24) is 10.3 Å². The number of benzene rings is 2. The SMILES string of the molecule is Cc1ccc2nc(Nc3ccc(Cl)cc3)cc([C@@H](O)[C@@H]3CCCCN3)c2c1. The Balaban J connectivity index is 1.74. The van der Waals surface area contributed by atoms with Gasteiger partial charge in [0.05, 0.1) is 11.6 Å². The minimum Gasteiger partial charge on any atom is -0.387 e. The second kappa shape index (κ2) is 7.85. The number of aryl methyl sites for hydroxylation is 1. The van der Waals surface area contributed by atoms with Gasteiger partial charge in [-0.25, -0.2) is 4.98 Å².